The van der Waals surface area contributed by atoms with E-state index in [-0.39, 0.29) is 24.0 Å². The van der Waals surface area contributed by atoms with Crippen molar-refractivity contribution in [1.82, 2.24) is 15.5 Å². The Morgan fingerprint density at radius 2 is 1.76 bits per heavy atom. The molecule has 0 aromatic carbocycles. The first-order valence-electron chi connectivity index (χ1n) is 6.19. The maximum absolute atomic E-state index is 5.30. The van der Waals surface area contributed by atoms with Gasteiger partial charge in [0.15, 0.2) is 5.96 Å². The number of guanidine groups is 1. The average molecular weight is 356 g/mol. The average Bonchev–Trinajstić information content (AvgIpc) is 2.31. The summed E-state index contributed by atoms with van der Waals surface area (Å²) in [5, 5.41) is 6.43. The third-order valence-corrected chi connectivity index (χ3v) is 2.48. The summed E-state index contributed by atoms with van der Waals surface area (Å²) in [5.74, 6) is 0.915. The van der Waals surface area contributed by atoms with Gasteiger partial charge in [0.2, 0.25) is 0 Å². The molecule has 6 heteroatoms. The van der Waals surface area contributed by atoms with Crippen LogP contribution in [0, 0.1) is 0 Å². The van der Waals surface area contributed by atoms with E-state index in [0.29, 0.717) is 0 Å². The molecule has 17 heavy (non-hydrogen) atoms. The van der Waals surface area contributed by atoms with Gasteiger partial charge in [-0.15, -0.1) is 24.0 Å². The first kappa shape index (κ1) is 16.9. The van der Waals surface area contributed by atoms with Gasteiger partial charge in [0.25, 0.3) is 0 Å². The molecule has 0 unspecified atom stereocenters. The number of hydrogen-bond acceptors (Lipinski definition) is 3. The molecule has 1 rings (SSSR count). The zero-order valence-electron chi connectivity index (χ0n) is 10.9. The second-order valence-corrected chi connectivity index (χ2v) is 3.75. The SMILES string of the molecule is CCNC(=NCCN1CCOCC1)NCC.I. The Balaban J connectivity index is 0.00000256. The van der Waals surface area contributed by atoms with Gasteiger partial charge in [-0.25, -0.2) is 0 Å². The number of aliphatic imine (C=N–C) groups is 1. The number of morpholine rings is 1. The maximum Gasteiger partial charge on any atom is 0.191 e. The summed E-state index contributed by atoms with van der Waals surface area (Å²) in [4.78, 5) is 6.90. The van der Waals surface area contributed by atoms with E-state index >= 15 is 0 Å². The molecule has 0 spiro atoms. The lowest BCUT2D eigenvalue weighted by Crippen LogP contribution is -2.40. The first-order chi connectivity index (χ1) is 7.86. The highest BCUT2D eigenvalue weighted by atomic mass is 127. The van der Waals surface area contributed by atoms with Crippen LogP contribution in [-0.4, -0.2) is 63.3 Å². The predicted octanol–water partition coefficient (Wildman–Crippen LogP) is 0.512. The number of rotatable bonds is 5. The fraction of sp³-hybridized carbons (Fsp3) is 0.909. The van der Waals surface area contributed by atoms with Crippen LogP contribution in [0.3, 0.4) is 0 Å². The Labute approximate surface area is 121 Å². The predicted molar refractivity (Wildman–Crippen MR) is 82.3 cm³/mol. The Morgan fingerprint density at radius 1 is 1.18 bits per heavy atom. The Morgan fingerprint density at radius 3 is 2.29 bits per heavy atom. The van der Waals surface area contributed by atoms with E-state index in [9.17, 15) is 0 Å². The zero-order chi connectivity index (χ0) is 11.6. The van der Waals surface area contributed by atoms with Crippen molar-refractivity contribution in [1.29, 1.82) is 0 Å². The van der Waals surface area contributed by atoms with E-state index in [1.165, 1.54) is 0 Å². The molecule has 2 N–H and O–H groups in total. The van der Waals surface area contributed by atoms with Gasteiger partial charge in [-0.1, -0.05) is 0 Å². The summed E-state index contributed by atoms with van der Waals surface area (Å²) in [6.07, 6.45) is 0. The fourth-order valence-electron chi connectivity index (χ4n) is 1.64. The lowest BCUT2D eigenvalue weighted by atomic mass is 10.4. The minimum atomic E-state index is 0. The molecule has 0 radical (unpaired) electrons. The molecule has 0 aromatic rings. The van der Waals surface area contributed by atoms with Gasteiger partial charge in [-0.2, -0.15) is 0 Å². The summed E-state index contributed by atoms with van der Waals surface area (Å²) in [7, 11) is 0. The molecule has 0 aromatic heterocycles. The van der Waals surface area contributed by atoms with Gasteiger partial charge in [0.1, 0.15) is 0 Å². The minimum absolute atomic E-state index is 0. The normalized spacial score (nSPS) is 15.9. The Hall–Kier alpha value is -0.0800. The van der Waals surface area contributed by atoms with Gasteiger partial charge in [0, 0.05) is 32.7 Å². The molecule has 5 nitrogen and oxygen atoms in total. The summed E-state index contributed by atoms with van der Waals surface area (Å²) in [6, 6.07) is 0. The first-order valence-corrected chi connectivity index (χ1v) is 6.19. The van der Waals surface area contributed by atoms with E-state index in [1.807, 2.05) is 0 Å². The van der Waals surface area contributed by atoms with Crippen molar-refractivity contribution in [2.45, 2.75) is 13.8 Å². The van der Waals surface area contributed by atoms with Crippen LogP contribution in [0.25, 0.3) is 0 Å². The van der Waals surface area contributed by atoms with Crippen molar-refractivity contribution in [3.05, 3.63) is 0 Å². The van der Waals surface area contributed by atoms with Crippen LogP contribution >= 0.6 is 24.0 Å². The molecule has 102 valence electrons. The number of nitrogens with zero attached hydrogens (tertiary/aromatic N) is 2. The smallest absolute Gasteiger partial charge is 0.191 e. The molecular formula is C11H25IN4O. The fourth-order valence-corrected chi connectivity index (χ4v) is 1.64. The van der Waals surface area contributed by atoms with Gasteiger partial charge in [-0.05, 0) is 13.8 Å². The summed E-state index contributed by atoms with van der Waals surface area (Å²) < 4.78 is 5.30. The summed E-state index contributed by atoms with van der Waals surface area (Å²) in [5.41, 5.74) is 0. The summed E-state index contributed by atoms with van der Waals surface area (Å²) >= 11 is 0. The van der Waals surface area contributed by atoms with E-state index in [2.05, 4.69) is 34.4 Å². The van der Waals surface area contributed by atoms with Crippen molar-refractivity contribution in [3.8, 4) is 0 Å². The van der Waals surface area contributed by atoms with E-state index in [4.69, 9.17) is 4.74 Å². The molecule has 0 atom stereocenters. The molecule has 0 bridgehead atoms. The highest BCUT2D eigenvalue weighted by molar-refractivity contribution is 14.0. The monoisotopic (exact) mass is 356 g/mol. The van der Waals surface area contributed by atoms with Crippen LogP contribution in [0.2, 0.25) is 0 Å². The second-order valence-electron chi connectivity index (χ2n) is 3.75. The molecule has 0 amide bonds. The quantitative estimate of drug-likeness (QED) is 0.428. The Bertz CT molecular complexity index is 200. The molecule has 0 saturated carbocycles. The lowest BCUT2D eigenvalue weighted by molar-refractivity contribution is 0.0394. The van der Waals surface area contributed by atoms with Crippen LogP contribution in [0.4, 0.5) is 0 Å². The third kappa shape index (κ3) is 7.77. The zero-order valence-corrected chi connectivity index (χ0v) is 13.2. The topological polar surface area (TPSA) is 48.9 Å². The van der Waals surface area contributed by atoms with Crippen molar-refractivity contribution >= 4 is 29.9 Å². The molecule has 1 aliphatic heterocycles. The van der Waals surface area contributed by atoms with Crippen LogP contribution in [-0.2, 0) is 4.74 Å². The van der Waals surface area contributed by atoms with Crippen molar-refractivity contribution in [2.75, 3.05) is 52.5 Å². The van der Waals surface area contributed by atoms with E-state index in [0.717, 1.165) is 58.4 Å². The van der Waals surface area contributed by atoms with Crippen LogP contribution < -0.4 is 10.6 Å². The van der Waals surface area contributed by atoms with Crippen molar-refractivity contribution in [2.24, 2.45) is 4.99 Å². The molecule has 1 fully saturated rings. The summed E-state index contributed by atoms with van der Waals surface area (Å²) in [6.45, 7) is 11.6. The largest absolute Gasteiger partial charge is 0.379 e. The number of halogens is 1. The molecule has 1 aliphatic rings. The molecule has 1 saturated heterocycles. The minimum Gasteiger partial charge on any atom is -0.379 e. The van der Waals surface area contributed by atoms with Gasteiger partial charge in [-0.3, -0.25) is 9.89 Å². The molecule has 1 heterocycles. The maximum atomic E-state index is 5.30. The number of nitrogens with one attached hydrogen (secondary N) is 2. The van der Waals surface area contributed by atoms with Crippen LogP contribution in [0.15, 0.2) is 4.99 Å². The van der Waals surface area contributed by atoms with Crippen molar-refractivity contribution in [3.63, 3.8) is 0 Å². The van der Waals surface area contributed by atoms with E-state index < -0.39 is 0 Å². The number of ether oxygens (including phenoxy) is 1. The van der Waals surface area contributed by atoms with E-state index in [1.54, 1.807) is 0 Å². The lowest BCUT2D eigenvalue weighted by Gasteiger charge is -2.25. The highest BCUT2D eigenvalue weighted by Crippen LogP contribution is 1.95. The molecular weight excluding hydrogens is 331 g/mol. The highest BCUT2D eigenvalue weighted by Gasteiger charge is 2.08. The van der Waals surface area contributed by atoms with Gasteiger partial charge >= 0.3 is 0 Å². The number of hydrogen-bond donors (Lipinski definition) is 2. The van der Waals surface area contributed by atoms with Gasteiger partial charge in [0.05, 0.1) is 19.8 Å². The second kappa shape index (κ2) is 11.0. The standard InChI is InChI=1S/C11H24N4O.HI/c1-3-12-11(13-4-2)14-5-6-15-7-9-16-10-8-15;/h3-10H2,1-2H3,(H2,12,13,14);1H. The molecule has 0 aliphatic carbocycles. The Kier molecular flexibility index (Phi) is 11.0. The van der Waals surface area contributed by atoms with Crippen molar-refractivity contribution < 1.29 is 4.74 Å². The van der Waals surface area contributed by atoms with Crippen LogP contribution in [0.1, 0.15) is 13.8 Å². The van der Waals surface area contributed by atoms with Gasteiger partial charge < -0.3 is 15.4 Å². The van der Waals surface area contributed by atoms with Crippen LogP contribution in [0.5, 0.6) is 0 Å². The third-order valence-electron chi connectivity index (χ3n) is 2.48.